The third kappa shape index (κ3) is 4.88. The molecule has 3 rings (SSSR count). The summed E-state index contributed by atoms with van der Waals surface area (Å²) in [6.07, 6.45) is 4.38. The van der Waals surface area contributed by atoms with E-state index in [-0.39, 0.29) is 0 Å². The molecule has 1 saturated carbocycles. The van der Waals surface area contributed by atoms with Crippen molar-refractivity contribution in [3.05, 3.63) is 33.9 Å². The van der Waals surface area contributed by atoms with Crippen LogP contribution in [0.3, 0.4) is 0 Å². The first-order valence-electron chi connectivity index (χ1n) is 8.56. The monoisotopic (exact) mass is 382 g/mol. The van der Waals surface area contributed by atoms with Gasteiger partial charge in [-0.3, -0.25) is 5.10 Å². The highest BCUT2D eigenvalue weighted by Crippen LogP contribution is 2.39. The fourth-order valence-electron chi connectivity index (χ4n) is 2.68. The van der Waals surface area contributed by atoms with E-state index in [2.05, 4.69) is 27.5 Å². The van der Waals surface area contributed by atoms with Crippen LogP contribution >= 0.6 is 23.2 Å². The summed E-state index contributed by atoms with van der Waals surface area (Å²) in [5.74, 6) is 1.22. The van der Waals surface area contributed by atoms with Gasteiger partial charge in [0.2, 0.25) is 0 Å². The molecule has 1 aromatic carbocycles. The van der Waals surface area contributed by atoms with Gasteiger partial charge in [-0.05, 0) is 45.0 Å². The molecule has 2 aromatic rings. The van der Waals surface area contributed by atoms with E-state index >= 15 is 0 Å². The summed E-state index contributed by atoms with van der Waals surface area (Å²) in [4.78, 5) is 2.24. The minimum atomic E-state index is 0.528. The number of aromatic nitrogens is 2. The molecular weight excluding hydrogens is 359 g/mol. The van der Waals surface area contributed by atoms with Crippen molar-refractivity contribution in [3.8, 4) is 17.0 Å². The molecule has 0 amide bonds. The SMILES string of the molecule is CNCCN(C)Cc1c[nH]nc1-c1cc(Cl)c(OCC2CC2)c(Cl)c1. The zero-order chi connectivity index (χ0) is 17.8. The van der Waals surface area contributed by atoms with Gasteiger partial charge >= 0.3 is 0 Å². The first-order valence-corrected chi connectivity index (χ1v) is 9.32. The predicted octanol–water partition coefficient (Wildman–Crippen LogP) is 3.82. The Kier molecular flexibility index (Phi) is 6.23. The topological polar surface area (TPSA) is 53.2 Å². The average molecular weight is 383 g/mol. The number of aromatic amines is 1. The maximum Gasteiger partial charge on any atom is 0.156 e. The summed E-state index contributed by atoms with van der Waals surface area (Å²) >= 11 is 12.8. The van der Waals surface area contributed by atoms with Crippen molar-refractivity contribution in [3.63, 3.8) is 0 Å². The van der Waals surface area contributed by atoms with Gasteiger partial charge in [0, 0.05) is 37.0 Å². The lowest BCUT2D eigenvalue weighted by Crippen LogP contribution is -2.26. The Balaban J connectivity index is 1.76. The highest BCUT2D eigenvalue weighted by molar-refractivity contribution is 6.37. The maximum absolute atomic E-state index is 6.42. The zero-order valence-corrected chi connectivity index (χ0v) is 16.1. The Morgan fingerprint density at radius 1 is 1.32 bits per heavy atom. The van der Waals surface area contributed by atoms with E-state index < -0.39 is 0 Å². The third-order valence-corrected chi connectivity index (χ3v) is 4.90. The second kappa shape index (κ2) is 8.41. The molecule has 0 aliphatic heterocycles. The number of ether oxygens (including phenoxy) is 1. The van der Waals surface area contributed by atoms with Crippen molar-refractivity contribution in [1.82, 2.24) is 20.4 Å². The van der Waals surface area contributed by atoms with Crippen molar-refractivity contribution in [2.45, 2.75) is 19.4 Å². The van der Waals surface area contributed by atoms with Crippen LogP contribution in [0.4, 0.5) is 0 Å². The van der Waals surface area contributed by atoms with Crippen LogP contribution in [-0.4, -0.2) is 48.9 Å². The van der Waals surface area contributed by atoms with Crippen LogP contribution in [0.2, 0.25) is 10.0 Å². The number of likely N-dealkylation sites (N-methyl/N-ethyl adjacent to an activating group) is 2. The molecule has 1 heterocycles. The summed E-state index contributed by atoms with van der Waals surface area (Å²) in [6, 6.07) is 3.76. The highest BCUT2D eigenvalue weighted by Gasteiger charge is 2.23. The maximum atomic E-state index is 6.42. The van der Waals surface area contributed by atoms with Crippen molar-refractivity contribution in [2.24, 2.45) is 5.92 Å². The van der Waals surface area contributed by atoms with Crippen LogP contribution in [0.15, 0.2) is 18.3 Å². The normalized spacial score (nSPS) is 14.3. The van der Waals surface area contributed by atoms with Gasteiger partial charge in [0.1, 0.15) is 0 Å². The Morgan fingerprint density at radius 3 is 2.68 bits per heavy atom. The van der Waals surface area contributed by atoms with Crippen LogP contribution in [-0.2, 0) is 6.54 Å². The molecule has 1 aliphatic rings. The molecule has 0 saturated heterocycles. The molecule has 0 radical (unpaired) electrons. The van der Waals surface area contributed by atoms with Gasteiger partial charge in [-0.25, -0.2) is 0 Å². The minimum absolute atomic E-state index is 0.528. The van der Waals surface area contributed by atoms with Gasteiger partial charge in [-0.15, -0.1) is 0 Å². The second-order valence-electron chi connectivity index (χ2n) is 6.62. The molecule has 2 N–H and O–H groups in total. The lowest BCUT2D eigenvalue weighted by Gasteiger charge is -2.16. The lowest BCUT2D eigenvalue weighted by atomic mass is 10.1. The number of halogens is 2. The molecule has 25 heavy (non-hydrogen) atoms. The number of hydrogen-bond donors (Lipinski definition) is 2. The molecular formula is C18H24Cl2N4O. The van der Waals surface area contributed by atoms with Crippen molar-refractivity contribution < 1.29 is 4.74 Å². The first-order chi connectivity index (χ1) is 12.1. The number of benzene rings is 1. The molecule has 0 bridgehead atoms. The van der Waals surface area contributed by atoms with E-state index in [4.69, 9.17) is 27.9 Å². The molecule has 5 nitrogen and oxygen atoms in total. The van der Waals surface area contributed by atoms with E-state index in [1.807, 2.05) is 25.4 Å². The summed E-state index contributed by atoms with van der Waals surface area (Å²) < 4.78 is 5.80. The third-order valence-electron chi connectivity index (χ3n) is 4.34. The van der Waals surface area contributed by atoms with E-state index in [0.29, 0.717) is 28.3 Å². The Bertz CT molecular complexity index is 692. The van der Waals surface area contributed by atoms with Crippen molar-refractivity contribution in [2.75, 3.05) is 33.8 Å². The fourth-order valence-corrected chi connectivity index (χ4v) is 3.27. The lowest BCUT2D eigenvalue weighted by molar-refractivity contribution is 0.300. The van der Waals surface area contributed by atoms with Crippen LogP contribution in [0.5, 0.6) is 5.75 Å². The molecule has 1 aliphatic carbocycles. The van der Waals surface area contributed by atoms with Crippen molar-refractivity contribution >= 4 is 23.2 Å². The first kappa shape index (κ1) is 18.5. The van der Waals surface area contributed by atoms with Gasteiger partial charge in [0.15, 0.2) is 5.75 Å². The van der Waals surface area contributed by atoms with Gasteiger partial charge in [0.05, 0.1) is 22.3 Å². The number of hydrogen-bond acceptors (Lipinski definition) is 4. The second-order valence-corrected chi connectivity index (χ2v) is 7.44. The molecule has 0 atom stereocenters. The van der Waals surface area contributed by atoms with Crippen LogP contribution < -0.4 is 10.1 Å². The molecule has 136 valence electrons. The zero-order valence-electron chi connectivity index (χ0n) is 14.6. The van der Waals surface area contributed by atoms with E-state index in [9.17, 15) is 0 Å². The Morgan fingerprint density at radius 2 is 2.04 bits per heavy atom. The summed E-state index contributed by atoms with van der Waals surface area (Å²) in [6.45, 7) is 3.37. The molecule has 1 fully saturated rings. The average Bonchev–Trinajstić information content (AvgIpc) is 3.29. The van der Waals surface area contributed by atoms with Gasteiger partial charge < -0.3 is 15.0 Å². The van der Waals surface area contributed by atoms with Gasteiger partial charge in [-0.1, -0.05) is 23.2 Å². The van der Waals surface area contributed by atoms with E-state index in [1.54, 1.807) is 0 Å². The van der Waals surface area contributed by atoms with E-state index in [0.717, 1.165) is 36.5 Å². The predicted molar refractivity (Wildman–Crippen MR) is 103 cm³/mol. The Hall–Kier alpha value is -1.27. The number of rotatable bonds is 9. The number of nitrogens with one attached hydrogen (secondary N) is 2. The van der Waals surface area contributed by atoms with Crippen molar-refractivity contribution in [1.29, 1.82) is 0 Å². The van der Waals surface area contributed by atoms with Crippen LogP contribution in [0, 0.1) is 5.92 Å². The smallest absolute Gasteiger partial charge is 0.156 e. The molecule has 0 unspecified atom stereocenters. The molecule has 7 heteroatoms. The summed E-state index contributed by atoms with van der Waals surface area (Å²) in [5, 5.41) is 11.6. The standard InChI is InChI=1S/C18H24Cl2N4O/c1-21-5-6-24(2)10-14-9-22-23-17(14)13-7-15(19)18(16(20)8-13)25-11-12-3-4-12/h7-9,12,21H,3-6,10-11H2,1-2H3,(H,22,23). The number of nitrogens with zero attached hydrogens (tertiary/aromatic N) is 2. The quantitative estimate of drug-likeness (QED) is 0.691. The Labute approximate surface area is 158 Å². The summed E-state index contributed by atoms with van der Waals surface area (Å²) in [5.41, 5.74) is 2.87. The van der Waals surface area contributed by atoms with Gasteiger partial charge in [-0.2, -0.15) is 5.10 Å². The highest BCUT2D eigenvalue weighted by atomic mass is 35.5. The van der Waals surface area contributed by atoms with Crippen LogP contribution in [0.1, 0.15) is 18.4 Å². The summed E-state index contributed by atoms with van der Waals surface area (Å²) in [7, 11) is 4.04. The largest absolute Gasteiger partial charge is 0.490 e. The van der Waals surface area contributed by atoms with E-state index in [1.165, 1.54) is 12.8 Å². The minimum Gasteiger partial charge on any atom is -0.490 e. The fraction of sp³-hybridized carbons (Fsp3) is 0.500. The molecule has 1 aromatic heterocycles. The van der Waals surface area contributed by atoms with Gasteiger partial charge in [0.25, 0.3) is 0 Å². The molecule has 0 spiro atoms. The van der Waals surface area contributed by atoms with Crippen LogP contribution in [0.25, 0.3) is 11.3 Å². The number of H-pyrrole nitrogens is 1.